The lowest BCUT2D eigenvalue weighted by Gasteiger charge is -2.13. The molecule has 2 aromatic rings. The molecule has 1 aromatic carbocycles. The van der Waals surface area contributed by atoms with Gasteiger partial charge in [0.25, 0.3) is 0 Å². The first-order chi connectivity index (χ1) is 9.92. The van der Waals surface area contributed by atoms with E-state index in [4.69, 9.17) is 4.74 Å². The third-order valence-electron chi connectivity index (χ3n) is 3.34. The van der Waals surface area contributed by atoms with E-state index >= 15 is 0 Å². The van der Waals surface area contributed by atoms with Gasteiger partial charge in [0.15, 0.2) is 11.6 Å². The maximum Gasteiger partial charge on any atom is 0.343 e. The van der Waals surface area contributed by atoms with Crippen LogP contribution < -0.4 is 5.43 Å². The van der Waals surface area contributed by atoms with E-state index in [1.807, 2.05) is 0 Å². The first-order valence-corrected chi connectivity index (χ1v) is 6.61. The van der Waals surface area contributed by atoms with Crippen molar-refractivity contribution in [1.82, 2.24) is 4.57 Å². The Bertz CT molecular complexity index is 781. The molecular formula is C15H15F2NO3. The Morgan fingerprint density at radius 2 is 2.00 bits per heavy atom. The van der Waals surface area contributed by atoms with Gasteiger partial charge in [-0.05, 0) is 20.8 Å². The van der Waals surface area contributed by atoms with E-state index in [1.165, 1.54) is 17.7 Å². The summed E-state index contributed by atoms with van der Waals surface area (Å²) < 4.78 is 33.6. The Balaban J connectivity index is 2.92. The van der Waals surface area contributed by atoms with Crippen LogP contribution in [0.2, 0.25) is 0 Å². The fraction of sp³-hybridized carbons (Fsp3) is 0.333. The van der Waals surface area contributed by atoms with Crippen LogP contribution in [0, 0.1) is 18.6 Å². The molecule has 0 radical (unpaired) electrons. The third kappa shape index (κ3) is 2.41. The first-order valence-electron chi connectivity index (χ1n) is 6.61. The number of carbonyl (C=O) groups is 1. The highest BCUT2D eigenvalue weighted by Crippen LogP contribution is 2.22. The maximum atomic E-state index is 13.7. The predicted molar refractivity (Wildman–Crippen MR) is 74.5 cm³/mol. The summed E-state index contributed by atoms with van der Waals surface area (Å²) in [4.78, 5) is 24.2. The molecule has 0 spiro atoms. The number of rotatable bonds is 3. The summed E-state index contributed by atoms with van der Waals surface area (Å²) in [5.74, 6) is -2.87. The van der Waals surface area contributed by atoms with Gasteiger partial charge in [0.05, 0.1) is 17.5 Å². The maximum absolute atomic E-state index is 13.7. The largest absolute Gasteiger partial charge is 0.462 e. The summed E-state index contributed by atoms with van der Waals surface area (Å²) in [5, 5.41) is 0.00121. The number of carbonyl (C=O) groups excluding carboxylic acids is 1. The SMILES string of the molecule is CCOC(=O)c1cn(CC)c2cc(F)c(F)c(C)c2c1=O. The predicted octanol–water partition coefficient (Wildman–Crippen LogP) is 2.78. The number of pyridine rings is 1. The second-order valence-corrected chi connectivity index (χ2v) is 4.57. The second kappa shape index (κ2) is 5.63. The van der Waals surface area contributed by atoms with Crippen LogP contribution in [0.15, 0.2) is 17.1 Å². The molecule has 0 saturated heterocycles. The number of fused-ring (bicyclic) bond motifs is 1. The molecule has 0 bridgehead atoms. The number of aryl methyl sites for hydroxylation is 2. The lowest BCUT2D eigenvalue weighted by Crippen LogP contribution is -2.22. The standard InChI is InChI=1S/C15H15F2NO3/c1-4-18-7-9(15(20)21-5-2)14(19)12-8(3)13(17)10(16)6-11(12)18/h6-7H,4-5H2,1-3H3. The van der Waals surface area contributed by atoms with Gasteiger partial charge in [-0.25, -0.2) is 13.6 Å². The molecule has 1 heterocycles. The van der Waals surface area contributed by atoms with E-state index in [9.17, 15) is 18.4 Å². The molecule has 0 aliphatic heterocycles. The normalized spacial score (nSPS) is 10.9. The summed E-state index contributed by atoms with van der Waals surface area (Å²) in [6.07, 6.45) is 1.32. The van der Waals surface area contributed by atoms with Gasteiger partial charge in [-0.15, -0.1) is 0 Å². The van der Waals surface area contributed by atoms with Gasteiger partial charge in [-0.3, -0.25) is 4.79 Å². The van der Waals surface area contributed by atoms with E-state index in [2.05, 4.69) is 0 Å². The molecule has 0 atom stereocenters. The molecule has 4 nitrogen and oxygen atoms in total. The zero-order valence-electron chi connectivity index (χ0n) is 12.0. The van der Waals surface area contributed by atoms with Gasteiger partial charge in [-0.2, -0.15) is 0 Å². The van der Waals surface area contributed by atoms with Crippen molar-refractivity contribution < 1.29 is 18.3 Å². The Morgan fingerprint density at radius 1 is 1.33 bits per heavy atom. The molecule has 0 fully saturated rings. The number of esters is 1. The summed E-state index contributed by atoms with van der Waals surface area (Å²) in [6, 6.07) is 0.970. The highest BCUT2D eigenvalue weighted by atomic mass is 19.2. The van der Waals surface area contributed by atoms with Crippen LogP contribution in [0.5, 0.6) is 0 Å². The van der Waals surface area contributed by atoms with E-state index in [0.717, 1.165) is 6.07 Å². The molecular weight excluding hydrogens is 280 g/mol. The summed E-state index contributed by atoms with van der Waals surface area (Å²) in [7, 11) is 0. The van der Waals surface area contributed by atoms with Crippen LogP contribution in [0.1, 0.15) is 29.8 Å². The summed E-state index contributed by atoms with van der Waals surface area (Å²) in [5.41, 5.74) is -0.680. The Kier molecular flexibility index (Phi) is 4.06. The molecule has 0 aliphatic carbocycles. The van der Waals surface area contributed by atoms with Crippen molar-refractivity contribution in [1.29, 1.82) is 0 Å². The van der Waals surface area contributed by atoms with Gasteiger partial charge >= 0.3 is 5.97 Å². The number of ether oxygens (including phenoxy) is 1. The average molecular weight is 295 g/mol. The van der Waals surface area contributed by atoms with Crippen molar-refractivity contribution in [3.05, 3.63) is 45.2 Å². The smallest absolute Gasteiger partial charge is 0.343 e. The number of aromatic nitrogens is 1. The van der Waals surface area contributed by atoms with Crippen LogP contribution in [-0.2, 0) is 11.3 Å². The van der Waals surface area contributed by atoms with Gasteiger partial charge in [-0.1, -0.05) is 0 Å². The van der Waals surface area contributed by atoms with Gasteiger partial charge < -0.3 is 9.30 Å². The van der Waals surface area contributed by atoms with Gasteiger partial charge in [0, 0.05) is 24.4 Å². The molecule has 1 aromatic heterocycles. The average Bonchev–Trinajstić information content (AvgIpc) is 2.45. The molecule has 0 aliphatic rings. The van der Waals surface area contributed by atoms with Crippen molar-refractivity contribution in [3.63, 3.8) is 0 Å². The van der Waals surface area contributed by atoms with Crippen LogP contribution in [-0.4, -0.2) is 17.1 Å². The second-order valence-electron chi connectivity index (χ2n) is 4.57. The molecule has 0 amide bonds. The van der Waals surface area contributed by atoms with Crippen molar-refractivity contribution in [2.24, 2.45) is 0 Å². The number of nitrogens with zero attached hydrogens (tertiary/aromatic N) is 1. The molecule has 6 heteroatoms. The van der Waals surface area contributed by atoms with Crippen molar-refractivity contribution in [2.45, 2.75) is 27.3 Å². The fourth-order valence-electron chi connectivity index (χ4n) is 2.28. The number of hydrogen-bond donors (Lipinski definition) is 0. The monoisotopic (exact) mass is 295 g/mol. The Labute approximate surface area is 120 Å². The van der Waals surface area contributed by atoms with E-state index in [1.54, 1.807) is 13.8 Å². The van der Waals surface area contributed by atoms with Crippen LogP contribution in [0.25, 0.3) is 10.9 Å². The molecule has 0 N–H and O–H groups in total. The first kappa shape index (κ1) is 15.2. The highest BCUT2D eigenvalue weighted by Gasteiger charge is 2.20. The van der Waals surface area contributed by atoms with E-state index in [-0.39, 0.29) is 28.6 Å². The van der Waals surface area contributed by atoms with Crippen molar-refractivity contribution in [2.75, 3.05) is 6.61 Å². The van der Waals surface area contributed by atoms with Gasteiger partial charge in [0.1, 0.15) is 5.56 Å². The summed E-state index contributed by atoms with van der Waals surface area (Å²) in [6.45, 7) is 5.23. The minimum Gasteiger partial charge on any atom is -0.462 e. The number of halogens is 2. The third-order valence-corrected chi connectivity index (χ3v) is 3.34. The summed E-state index contributed by atoms with van der Waals surface area (Å²) >= 11 is 0. The molecule has 21 heavy (non-hydrogen) atoms. The highest BCUT2D eigenvalue weighted by molar-refractivity contribution is 5.94. The van der Waals surface area contributed by atoms with Crippen LogP contribution >= 0.6 is 0 Å². The topological polar surface area (TPSA) is 48.3 Å². The van der Waals surface area contributed by atoms with Crippen molar-refractivity contribution >= 4 is 16.9 Å². The zero-order chi connectivity index (χ0) is 15.7. The van der Waals surface area contributed by atoms with E-state index in [0.29, 0.717) is 6.54 Å². The number of hydrogen-bond acceptors (Lipinski definition) is 3. The van der Waals surface area contributed by atoms with Crippen LogP contribution in [0.3, 0.4) is 0 Å². The Hall–Kier alpha value is -2.24. The van der Waals surface area contributed by atoms with Crippen LogP contribution in [0.4, 0.5) is 8.78 Å². The van der Waals surface area contributed by atoms with E-state index < -0.39 is 23.0 Å². The lowest BCUT2D eigenvalue weighted by atomic mass is 10.1. The Morgan fingerprint density at radius 3 is 2.57 bits per heavy atom. The molecule has 2 rings (SSSR count). The lowest BCUT2D eigenvalue weighted by molar-refractivity contribution is 0.0524. The molecule has 112 valence electrons. The minimum atomic E-state index is -1.08. The van der Waals surface area contributed by atoms with Crippen molar-refractivity contribution in [3.8, 4) is 0 Å². The quantitative estimate of drug-likeness (QED) is 0.818. The fourth-order valence-corrected chi connectivity index (χ4v) is 2.28. The minimum absolute atomic E-state index is 0.00121. The van der Waals surface area contributed by atoms with Gasteiger partial charge in [0.2, 0.25) is 5.43 Å². The zero-order valence-corrected chi connectivity index (χ0v) is 12.0. The number of benzene rings is 1. The molecule has 0 saturated carbocycles. The molecule has 0 unspecified atom stereocenters.